The summed E-state index contributed by atoms with van der Waals surface area (Å²) in [5.41, 5.74) is 3.94. The number of carbonyl (C=O) groups is 1. The minimum atomic E-state index is -3.71. The first-order valence-corrected chi connectivity index (χ1v) is 11.9. The van der Waals surface area contributed by atoms with E-state index in [4.69, 9.17) is 0 Å². The highest BCUT2D eigenvalue weighted by molar-refractivity contribution is 7.93. The van der Waals surface area contributed by atoms with Gasteiger partial charge in [-0.3, -0.25) is 9.52 Å². The molecule has 1 aliphatic heterocycles. The van der Waals surface area contributed by atoms with Crippen molar-refractivity contribution in [3.8, 4) is 0 Å². The van der Waals surface area contributed by atoms with Gasteiger partial charge < -0.3 is 10.2 Å². The molecule has 30 heavy (non-hydrogen) atoms. The number of hydrogen-bond acceptors (Lipinski definition) is 6. The van der Waals surface area contributed by atoms with Gasteiger partial charge in [0.15, 0.2) is 5.13 Å². The SMILES string of the molecule is Cc1ccc(CNCC(=O)N2CCc3cc(S(=O)(=O)Nc4nccs4)ccc32)cc1. The summed E-state index contributed by atoms with van der Waals surface area (Å²) >= 11 is 1.22. The lowest BCUT2D eigenvalue weighted by molar-refractivity contribution is -0.117. The van der Waals surface area contributed by atoms with Crippen LogP contribution in [-0.2, 0) is 27.8 Å². The van der Waals surface area contributed by atoms with Gasteiger partial charge in [0.25, 0.3) is 10.0 Å². The number of hydrogen-bond donors (Lipinski definition) is 2. The Morgan fingerprint density at radius 1 is 1.20 bits per heavy atom. The molecule has 0 unspecified atom stereocenters. The molecule has 0 radical (unpaired) electrons. The van der Waals surface area contributed by atoms with Gasteiger partial charge in [0.05, 0.1) is 11.4 Å². The third-order valence-corrected chi connectivity index (χ3v) is 7.09. The van der Waals surface area contributed by atoms with E-state index in [0.717, 1.165) is 16.8 Å². The van der Waals surface area contributed by atoms with E-state index >= 15 is 0 Å². The van der Waals surface area contributed by atoms with Gasteiger partial charge in [-0.05, 0) is 42.7 Å². The van der Waals surface area contributed by atoms with Gasteiger partial charge in [-0.25, -0.2) is 13.4 Å². The standard InChI is InChI=1S/C21H22N4O3S2/c1-15-2-4-16(5-3-15)13-22-14-20(26)25-10-8-17-12-18(6-7-19(17)25)30(27,28)24-21-23-9-11-29-21/h2-7,9,11-12,22H,8,10,13-14H2,1H3,(H,23,24). The van der Waals surface area contributed by atoms with E-state index in [1.165, 1.54) is 23.0 Å². The van der Waals surface area contributed by atoms with Crippen LogP contribution < -0.4 is 14.9 Å². The van der Waals surface area contributed by atoms with Crippen molar-refractivity contribution in [3.05, 3.63) is 70.7 Å². The Labute approximate surface area is 179 Å². The van der Waals surface area contributed by atoms with Crippen LogP contribution in [0.15, 0.2) is 58.9 Å². The average molecular weight is 443 g/mol. The molecular weight excluding hydrogens is 420 g/mol. The first kappa shape index (κ1) is 20.5. The molecule has 2 heterocycles. The lowest BCUT2D eigenvalue weighted by Crippen LogP contribution is -2.36. The molecule has 0 atom stereocenters. The lowest BCUT2D eigenvalue weighted by Gasteiger charge is -2.18. The Morgan fingerprint density at radius 2 is 2.00 bits per heavy atom. The van der Waals surface area contributed by atoms with Gasteiger partial charge in [0.1, 0.15) is 0 Å². The molecule has 156 valence electrons. The van der Waals surface area contributed by atoms with Crippen LogP contribution in [0.4, 0.5) is 10.8 Å². The minimum absolute atomic E-state index is 0.0302. The molecule has 3 aromatic rings. The molecule has 2 aromatic carbocycles. The van der Waals surface area contributed by atoms with Crippen molar-refractivity contribution >= 4 is 38.1 Å². The Bertz CT molecular complexity index is 1140. The first-order chi connectivity index (χ1) is 14.4. The molecule has 1 amide bonds. The van der Waals surface area contributed by atoms with Crippen LogP contribution in [0.1, 0.15) is 16.7 Å². The summed E-state index contributed by atoms with van der Waals surface area (Å²) in [5.74, 6) is -0.0302. The fraction of sp³-hybridized carbons (Fsp3) is 0.238. The lowest BCUT2D eigenvalue weighted by atomic mass is 10.1. The fourth-order valence-corrected chi connectivity index (χ4v) is 5.21. The molecule has 9 heteroatoms. The summed E-state index contributed by atoms with van der Waals surface area (Å²) in [6.07, 6.45) is 2.17. The highest BCUT2D eigenvalue weighted by Gasteiger charge is 2.26. The van der Waals surface area contributed by atoms with Crippen molar-refractivity contribution in [1.29, 1.82) is 0 Å². The topological polar surface area (TPSA) is 91.4 Å². The third-order valence-electron chi connectivity index (χ3n) is 4.94. The molecule has 0 fully saturated rings. The number of rotatable bonds is 7. The highest BCUT2D eigenvalue weighted by Crippen LogP contribution is 2.31. The minimum Gasteiger partial charge on any atom is -0.311 e. The Kier molecular flexibility index (Phi) is 5.85. The summed E-state index contributed by atoms with van der Waals surface area (Å²) < 4.78 is 27.6. The van der Waals surface area contributed by atoms with Gasteiger partial charge in [-0.2, -0.15) is 0 Å². The van der Waals surface area contributed by atoms with E-state index in [1.807, 2.05) is 31.2 Å². The normalized spacial score (nSPS) is 13.3. The second-order valence-corrected chi connectivity index (χ2v) is 9.69. The predicted octanol–water partition coefficient (Wildman–Crippen LogP) is 2.93. The number of benzene rings is 2. The summed E-state index contributed by atoms with van der Waals surface area (Å²) in [7, 11) is -3.71. The van der Waals surface area contributed by atoms with E-state index < -0.39 is 10.0 Å². The molecule has 2 N–H and O–H groups in total. The van der Waals surface area contributed by atoms with Crippen LogP contribution in [-0.4, -0.2) is 32.4 Å². The van der Waals surface area contributed by atoms with Crippen molar-refractivity contribution < 1.29 is 13.2 Å². The van der Waals surface area contributed by atoms with Crippen molar-refractivity contribution in [3.63, 3.8) is 0 Å². The van der Waals surface area contributed by atoms with Crippen LogP contribution in [0, 0.1) is 6.92 Å². The highest BCUT2D eigenvalue weighted by atomic mass is 32.2. The van der Waals surface area contributed by atoms with Crippen molar-refractivity contribution in [2.75, 3.05) is 22.7 Å². The molecule has 0 spiro atoms. The van der Waals surface area contributed by atoms with E-state index in [2.05, 4.69) is 15.0 Å². The number of anilines is 2. The predicted molar refractivity (Wildman–Crippen MR) is 118 cm³/mol. The number of nitrogens with zero attached hydrogens (tertiary/aromatic N) is 2. The maximum Gasteiger partial charge on any atom is 0.263 e. The Balaban J connectivity index is 1.40. The van der Waals surface area contributed by atoms with Crippen molar-refractivity contribution in [1.82, 2.24) is 10.3 Å². The first-order valence-electron chi connectivity index (χ1n) is 9.54. The van der Waals surface area contributed by atoms with Crippen LogP contribution in [0.25, 0.3) is 0 Å². The Morgan fingerprint density at radius 3 is 2.73 bits per heavy atom. The summed E-state index contributed by atoms with van der Waals surface area (Å²) in [6, 6.07) is 13.0. The van der Waals surface area contributed by atoms with Gasteiger partial charge in [-0.1, -0.05) is 29.8 Å². The van der Waals surface area contributed by atoms with Gasteiger partial charge in [-0.15, -0.1) is 11.3 Å². The Hall–Kier alpha value is -2.75. The van der Waals surface area contributed by atoms with Crippen LogP contribution in [0.2, 0.25) is 0 Å². The van der Waals surface area contributed by atoms with Crippen molar-refractivity contribution in [2.24, 2.45) is 0 Å². The van der Waals surface area contributed by atoms with E-state index in [1.54, 1.807) is 28.6 Å². The molecule has 4 rings (SSSR count). The van der Waals surface area contributed by atoms with Crippen LogP contribution in [0.3, 0.4) is 0 Å². The van der Waals surface area contributed by atoms with E-state index in [9.17, 15) is 13.2 Å². The molecule has 0 saturated carbocycles. The van der Waals surface area contributed by atoms with Crippen LogP contribution >= 0.6 is 11.3 Å². The van der Waals surface area contributed by atoms with Crippen LogP contribution in [0.5, 0.6) is 0 Å². The second kappa shape index (κ2) is 8.55. The summed E-state index contributed by atoms with van der Waals surface area (Å²) in [5, 5.41) is 5.22. The van der Waals surface area contributed by atoms with E-state index in [-0.39, 0.29) is 17.3 Å². The molecular formula is C21H22N4O3S2. The maximum absolute atomic E-state index is 12.7. The zero-order valence-corrected chi connectivity index (χ0v) is 18.1. The largest absolute Gasteiger partial charge is 0.311 e. The number of aryl methyl sites for hydroxylation is 1. The van der Waals surface area contributed by atoms with E-state index in [0.29, 0.717) is 24.6 Å². The maximum atomic E-state index is 12.7. The molecule has 0 bridgehead atoms. The van der Waals surface area contributed by atoms with Gasteiger partial charge in [0.2, 0.25) is 5.91 Å². The number of aromatic nitrogens is 1. The number of amides is 1. The number of thiazole rings is 1. The second-order valence-electron chi connectivity index (χ2n) is 7.12. The molecule has 1 aliphatic rings. The molecule has 0 aliphatic carbocycles. The molecule has 0 saturated heterocycles. The van der Waals surface area contributed by atoms with Gasteiger partial charge in [0, 0.05) is 30.4 Å². The number of nitrogens with one attached hydrogen (secondary N) is 2. The number of sulfonamides is 1. The zero-order chi connectivity index (χ0) is 21.1. The zero-order valence-electron chi connectivity index (χ0n) is 16.5. The molecule has 1 aromatic heterocycles. The average Bonchev–Trinajstić information content (AvgIpc) is 3.38. The summed E-state index contributed by atoms with van der Waals surface area (Å²) in [4.78, 5) is 18.5. The smallest absolute Gasteiger partial charge is 0.263 e. The quantitative estimate of drug-likeness (QED) is 0.587. The fourth-order valence-electron chi connectivity index (χ4n) is 3.37. The number of carbonyl (C=O) groups excluding carboxylic acids is 1. The monoisotopic (exact) mass is 442 g/mol. The number of fused-ring (bicyclic) bond motifs is 1. The molecule has 7 nitrogen and oxygen atoms in total. The van der Waals surface area contributed by atoms with Gasteiger partial charge >= 0.3 is 0 Å². The summed E-state index contributed by atoms with van der Waals surface area (Å²) in [6.45, 7) is 3.42. The third kappa shape index (κ3) is 4.53. The van der Waals surface area contributed by atoms with Crippen molar-refractivity contribution in [2.45, 2.75) is 24.8 Å².